The van der Waals surface area contributed by atoms with Crippen LogP contribution in [0.5, 0.6) is 5.75 Å². The van der Waals surface area contributed by atoms with Crippen molar-refractivity contribution in [1.29, 1.82) is 0 Å². The van der Waals surface area contributed by atoms with E-state index in [0.717, 1.165) is 16.3 Å². The Morgan fingerprint density at radius 3 is 2.54 bits per heavy atom. The zero-order chi connectivity index (χ0) is 20.9. The Morgan fingerprint density at radius 2 is 1.89 bits per heavy atom. The van der Waals surface area contributed by atoms with Gasteiger partial charge in [-0.2, -0.15) is 13.2 Å². The topological polar surface area (TPSA) is 84.5 Å². The number of sulfonamides is 1. The molecule has 0 aliphatic heterocycles. The third-order valence-electron chi connectivity index (χ3n) is 3.88. The van der Waals surface area contributed by atoms with Crippen LogP contribution in [0.1, 0.15) is 25.8 Å². The minimum Gasteiger partial charge on any atom is -0.492 e. The molecule has 0 saturated carbocycles. The van der Waals surface area contributed by atoms with Gasteiger partial charge in [0.25, 0.3) is 0 Å². The summed E-state index contributed by atoms with van der Waals surface area (Å²) in [5.74, 6) is 0.239. The predicted molar refractivity (Wildman–Crippen MR) is 99.2 cm³/mol. The molecule has 2 aromatic carbocycles. The van der Waals surface area contributed by atoms with Gasteiger partial charge in [-0.15, -0.1) is 0 Å². The van der Waals surface area contributed by atoms with Crippen molar-refractivity contribution >= 4 is 26.7 Å². The number of amides is 1. The van der Waals surface area contributed by atoms with Crippen LogP contribution >= 0.6 is 0 Å². The van der Waals surface area contributed by atoms with Gasteiger partial charge in [-0.25, -0.2) is 13.1 Å². The van der Waals surface area contributed by atoms with Gasteiger partial charge < -0.3 is 10.1 Å². The van der Waals surface area contributed by atoms with Gasteiger partial charge in [-0.1, -0.05) is 31.2 Å². The number of fused-ring (bicyclic) bond motifs is 1. The standard InChI is InChI=1S/C18H21F3N2O4S/c1-3-17(24)22-10-14-9-15(8-13-6-4-5-7-16(13)14)27-11-12(2)23-28(25,26)18(19,20)21/h4-9,12,23H,3,10-11H2,1-2H3,(H,22,24)/t12-/m0/s1. The zero-order valence-corrected chi connectivity index (χ0v) is 16.2. The van der Waals surface area contributed by atoms with E-state index in [1.165, 1.54) is 11.6 Å². The molecule has 0 heterocycles. The van der Waals surface area contributed by atoms with E-state index in [4.69, 9.17) is 4.74 Å². The minimum atomic E-state index is -5.44. The number of hydrogen-bond donors (Lipinski definition) is 2. The van der Waals surface area contributed by atoms with Crippen molar-refractivity contribution in [2.75, 3.05) is 6.61 Å². The van der Waals surface area contributed by atoms with E-state index in [1.54, 1.807) is 19.1 Å². The molecule has 0 aliphatic rings. The van der Waals surface area contributed by atoms with E-state index >= 15 is 0 Å². The first-order valence-electron chi connectivity index (χ1n) is 8.53. The first-order valence-corrected chi connectivity index (χ1v) is 10.0. The molecule has 2 N–H and O–H groups in total. The van der Waals surface area contributed by atoms with Gasteiger partial charge in [0.2, 0.25) is 5.91 Å². The lowest BCUT2D eigenvalue weighted by Crippen LogP contribution is -2.43. The maximum absolute atomic E-state index is 12.4. The Hall–Kier alpha value is -2.33. The summed E-state index contributed by atoms with van der Waals surface area (Å²) >= 11 is 0. The highest BCUT2D eigenvalue weighted by atomic mass is 32.2. The van der Waals surface area contributed by atoms with Crippen LogP contribution < -0.4 is 14.8 Å². The third-order valence-corrected chi connectivity index (χ3v) is 5.20. The number of hydrogen-bond acceptors (Lipinski definition) is 4. The molecule has 10 heteroatoms. The van der Waals surface area contributed by atoms with Crippen LogP contribution in [0.2, 0.25) is 0 Å². The van der Waals surface area contributed by atoms with E-state index in [-0.39, 0.29) is 19.1 Å². The first kappa shape index (κ1) is 22.0. The molecule has 0 unspecified atom stereocenters. The van der Waals surface area contributed by atoms with Crippen LogP contribution in [0.15, 0.2) is 36.4 Å². The molecule has 0 saturated heterocycles. The minimum absolute atomic E-state index is 0.120. The molecule has 6 nitrogen and oxygen atoms in total. The van der Waals surface area contributed by atoms with E-state index in [2.05, 4.69) is 5.32 Å². The zero-order valence-electron chi connectivity index (χ0n) is 15.3. The van der Waals surface area contributed by atoms with Crippen molar-refractivity contribution in [2.24, 2.45) is 0 Å². The average Bonchev–Trinajstić information content (AvgIpc) is 2.62. The molecule has 0 aliphatic carbocycles. The van der Waals surface area contributed by atoms with Crippen LogP contribution in [0.4, 0.5) is 13.2 Å². The molecule has 0 fully saturated rings. The molecule has 0 radical (unpaired) electrons. The second-order valence-electron chi connectivity index (χ2n) is 6.21. The summed E-state index contributed by atoms with van der Waals surface area (Å²) in [6, 6.07) is 9.66. The van der Waals surface area contributed by atoms with Crippen LogP contribution in [0.3, 0.4) is 0 Å². The normalized spacial score (nSPS) is 13.3. The summed E-state index contributed by atoms with van der Waals surface area (Å²) < 4.78 is 66.6. The number of alkyl halides is 3. The second-order valence-corrected chi connectivity index (χ2v) is 7.92. The number of rotatable bonds is 8. The van der Waals surface area contributed by atoms with Crippen LogP contribution in [-0.4, -0.2) is 32.5 Å². The predicted octanol–water partition coefficient (Wildman–Crippen LogP) is 3.07. The van der Waals surface area contributed by atoms with Gasteiger partial charge >= 0.3 is 15.5 Å². The number of halogens is 3. The fourth-order valence-corrected chi connectivity index (χ4v) is 3.23. The van der Waals surface area contributed by atoms with Crippen molar-refractivity contribution in [3.8, 4) is 5.75 Å². The van der Waals surface area contributed by atoms with Gasteiger partial charge in [0, 0.05) is 13.0 Å². The van der Waals surface area contributed by atoms with Gasteiger partial charge in [-0.05, 0) is 35.4 Å². The van der Waals surface area contributed by atoms with Crippen LogP contribution in [0.25, 0.3) is 10.8 Å². The fourth-order valence-electron chi connectivity index (χ4n) is 2.50. The number of carbonyl (C=O) groups is 1. The first-order chi connectivity index (χ1) is 13.0. The van der Waals surface area contributed by atoms with Crippen molar-refractivity contribution in [2.45, 2.75) is 38.4 Å². The molecule has 0 spiro atoms. The molecule has 1 amide bonds. The molecule has 2 rings (SSSR count). The molecule has 28 heavy (non-hydrogen) atoms. The number of nitrogens with one attached hydrogen (secondary N) is 2. The van der Waals surface area contributed by atoms with Gasteiger partial charge in [0.05, 0.1) is 6.04 Å². The maximum atomic E-state index is 12.4. The van der Waals surface area contributed by atoms with Crippen LogP contribution in [0, 0.1) is 0 Å². The quantitative estimate of drug-likeness (QED) is 0.690. The molecular weight excluding hydrogens is 397 g/mol. The van der Waals surface area contributed by atoms with Gasteiger partial charge in [-0.3, -0.25) is 4.79 Å². The Bertz CT molecular complexity index is 945. The number of ether oxygens (including phenoxy) is 1. The lowest BCUT2D eigenvalue weighted by Gasteiger charge is -2.17. The van der Waals surface area contributed by atoms with Crippen molar-refractivity contribution in [1.82, 2.24) is 10.0 Å². The Labute approximate surface area is 161 Å². The van der Waals surface area contributed by atoms with Crippen LogP contribution in [-0.2, 0) is 21.4 Å². The maximum Gasteiger partial charge on any atom is 0.511 e. The summed E-state index contributed by atoms with van der Waals surface area (Å²) in [5, 5.41) is 4.49. The summed E-state index contributed by atoms with van der Waals surface area (Å²) in [6.45, 7) is 2.97. The van der Waals surface area contributed by atoms with E-state index < -0.39 is 21.6 Å². The summed E-state index contributed by atoms with van der Waals surface area (Å²) in [6.07, 6.45) is 0.338. The average molecular weight is 418 g/mol. The molecule has 154 valence electrons. The third kappa shape index (κ3) is 5.59. The van der Waals surface area contributed by atoms with E-state index in [1.807, 2.05) is 24.3 Å². The summed E-state index contributed by atoms with van der Waals surface area (Å²) in [7, 11) is -5.44. The van der Waals surface area contributed by atoms with E-state index in [9.17, 15) is 26.4 Å². The summed E-state index contributed by atoms with van der Waals surface area (Å²) in [4.78, 5) is 11.5. The Kier molecular flexibility index (Phi) is 6.89. The number of benzene rings is 2. The highest BCUT2D eigenvalue weighted by molar-refractivity contribution is 7.90. The highest BCUT2D eigenvalue weighted by Gasteiger charge is 2.46. The smallest absolute Gasteiger partial charge is 0.492 e. The van der Waals surface area contributed by atoms with Crippen molar-refractivity contribution in [3.05, 3.63) is 42.0 Å². The highest BCUT2D eigenvalue weighted by Crippen LogP contribution is 2.26. The Morgan fingerprint density at radius 1 is 1.21 bits per heavy atom. The molecule has 2 aromatic rings. The SMILES string of the molecule is CCC(=O)NCc1cc(OC[C@H](C)NS(=O)(=O)C(F)(F)F)cc2ccccc12. The molecule has 1 atom stereocenters. The lowest BCUT2D eigenvalue weighted by atomic mass is 10.0. The Balaban J connectivity index is 2.15. The van der Waals surface area contributed by atoms with Gasteiger partial charge in [0.1, 0.15) is 12.4 Å². The summed E-state index contributed by atoms with van der Waals surface area (Å²) in [5.41, 5.74) is -4.60. The number of carbonyl (C=O) groups excluding carboxylic acids is 1. The lowest BCUT2D eigenvalue weighted by molar-refractivity contribution is -0.120. The van der Waals surface area contributed by atoms with E-state index in [0.29, 0.717) is 12.2 Å². The molecule has 0 aromatic heterocycles. The van der Waals surface area contributed by atoms with Gasteiger partial charge in [0.15, 0.2) is 0 Å². The van der Waals surface area contributed by atoms with Crippen molar-refractivity contribution < 1.29 is 31.1 Å². The largest absolute Gasteiger partial charge is 0.511 e. The molecule has 0 bridgehead atoms. The second kappa shape index (κ2) is 8.78. The fraction of sp³-hybridized carbons (Fsp3) is 0.389. The monoisotopic (exact) mass is 418 g/mol. The molecular formula is C18H21F3N2O4S. The van der Waals surface area contributed by atoms with Crippen molar-refractivity contribution in [3.63, 3.8) is 0 Å².